The van der Waals surface area contributed by atoms with Crippen LogP contribution in [0.2, 0.25) is 0 Å². The minimum Gasteiger partial charge on any atom is -0.398 e. The fourth-order valence-corrected chi connectivity index (χ4v) is 3.89. The second kappa shape index (κ2) is 7.99. The zero-order valence-electron chi connectivity index (χ0n) is 14.3. The van der Waals surface area contributed by atoms with E-state index in [9.17, 15) is 18.0 Å². The molecule has 1 aliphatic rings. The first-order valence-electron chi connectivity index (χ1n) is 7.95. The molecule has 0 bridgehead atoms. The monoisotopic (exact) mass is 413 g/mol. The van der Waals surface area contributed by atoms with Gasteiger partial charge in [-0.2, -0.15) is 0 Å². The van der Waals surface area contributed by atoms with Crippen molar-refractivity contribution in [2.75, 3.05) is 23.7 Å². The molecule has 27 heavy (non-hydrogen) atoms. The number of hydrogen-bond acceptors (Lipinski definition) is 5. The molecule has 2 amide bonds. The summed E-state index contributed by atoms with van der Waals surface area (Å²) in [6.07, 6.45) is 2.67. The number of primary amides is 1. The number of carbonyl (C=O) groups excluding carboxylic acids is 2. The van der Waals surface area contributed by atoms with Gasteiger partial charge >= 0.3 is 0 Å². The fraction of sp³-hybridized carbons (Fsp3) is 0.250. The lowest BCUT2D eigenvalue weighted by Gasteiger charge is -2.30. The van der Waals surface area contributed by atoms with Crippen LogP contribution < -0.4 is 21.1 Å². The summed E-state index contributed by atoms with van der Waals surface area (Å²) in [4.78, 5) is 27.4. The predicted octanol–water partition coefficient (Wildman–Crippen LogP) is 0.375. The summed E-state index contributed by atoms with van der Waals surface area (Å²) in [6, 6.07) is 6.45. The Hall–Kier alpha value is -2.56. The number of nitrogens with two attached hydrogens (primary N) is 2. The second-order valence-electron chi connectivity index (χ2n) is 5.93. The van der Waals surface area contributed by atoms with Crippen molar-refractivity contribution in [3.05, 3.63) is 41.7 Å². The number of nitrogen functional groups attached to an aromatic ring is 1. The first-order valence-corrected chi connectivity index (χ1v) is 9.43. The van der Waals surface area contributed by atoms with Crippen molar-refractivity contribution in [3.8, 4) is 0 Å². The smallest absolute Gasteiger partial charge is 0.265 e. The molecule has 2 heterocycles. The Morgan fingerprint density at radius 2 is 2.04 bits per heavy atom. The predicted molar refractivity (Wildman–Crippen MR) is 103 cm³/mol. The number of H-pyrrole nitrogens is 1. The molecule has 0 fully saturated rings. The molecule has 9 nitrogen and oxygen atoms in total. The molecule has 0 aliphatic carbocycles. The molecule has 146 valence electrons. The Labute approximate surface area is 162 Å². The van der Waals surface area contributed by atoms with Crippen molar-refractivity contribution < 1.29 is 18.0 Å². The Morgan fingerprint density at radius 1 is 1.30 bits per heavy atom. The SMILES string of the molecule is Cl.NC(=O)c1cc(S(=O)(=O)NCC(=O)N2CCCc3c(N)cccc32)c[nH]1. The van der Waals surface area contributed by atoms with Crippen molar-refractivity contribution in [1.29, 1.82) is 0 Å². The van der Waals surface area contributed by atoms with Gasteiger partial charge in [0.2, 0.25) is 15.9 Å². The maximum atomic E-state index is 12.5. The summed E-state index contributed by atoms with van der Waals surface area (Å²) < 4.78 is 26.8. The fourth-order valence-electron chi connectivity index (χ4n) is 2.92. The number of sulfonamides is 1. The summed E-state index contributed by atoms with van der Waals surface area (Å²) in [5.41, 5.74) is 13.2. The van der Waals surface area contributed by atoms with E-state index in [0.717, 1.165) is 30.7 Å². The third-order valence-corrected chi connectivity index (χ3v) is 5.61. The molecule has 0 radical (unpaired) electrons. The number of nitrogens with one attached hydrogen (secondary N) is 2. The number of aromatic amines is 1. The number of rotatable bonds is 5. The lowest BCUT2D eigenvalue weighted by Crippen LogP contribution is -2.42. The van der Waals surface area contributed by atoms with Gasteiger partial charge in [0.1, 0.15) is 10.6 Å². The number of carbonyl (C=O) groups is 2. The highest BCUT2D eigenvalue weighted by Gasteiger charge is 2.25. The van der Waals surface area contributed by atoms with Crippen molar-refractivity contribution in [1.82, 2.24) is 9.71 Å². The van der Waals surface area contributed by atoms with Crippen LogP contribution in [0.15, 0.2) is 35.4 Å². The summed E-state index contributed by atoms with van der Waals surface area (Å²) in [6.45, 7) is 0.0840. The largest absolute Gasteiger partial charge is 0.398 e. The maximum absolute atomic E-state index is 12.5. The van der Waals surface area contributed by atoms with Crippen LogP contribution in [0.1, 0.15) is 22.5 Å². The van der Waals surface area contributed by atoms with E-state index in [1.54, 1.807) is 18.2 Å². The third-order valence-electron chi connectivity index (χ3n) is 4.23. The number of hydrogen-bond donors (Lipinski definition) is 4. The van der Waals surface area contributed by atoms with Crippen LogP contribution in [0.4, 0.5) is 11.4 Å². The van der Waals surface area contributed by atoms with Gasteiger partial charge in [-0.1, -0.05) is 6.07 Å². The molecule has 2 aromatic rings. The van der Waals surface area contributed by atoms with Crippen LogP contribution in [0.25, 0.3) is 0 Å². The summed E-state index contributed by atoms with van der Waals surface area (Å²) in [7, 11) is -3.95. The topological polar surface area (TPSA) is 151 Å². The van der Waals surface area contributed by atoms with E-state index in [2.05, 4.69) is 9.71 Å². The van der Waals surface area contributed by atoms with E-state index >= 15 is 0 Å². The zero-order chi connectivity index (χ0) is 18.9. The number of halogens is 1. The number of amides is 2. The van der Waals surface area contributed by atoms with Gasteiger partial charge in [-0.05, 0) is 36.6 Å². The summed E-state index contributed by atoms with van der Waals surface area (Å²) in [5, 5.41) is 0. The van der Waals surface area contributed by atoms with Gasteiger partial charge in [-0.25, -0.2) is 13.1 Å². The molecule has 1 aromatic carbocycles. The molecule has 1 aliphatic heterocycles. The highest BCUT2D eigenvalue weighted by molar-refractivity contribution is 7.89. The quantitative estimate of drug-likeness (QED) is 0.522. The zero-order valence-corrected chi connectivity index (χ0v) is 15.9. The Morgan fingerprint density at radius 3 is 2.70 bits per heavy atom. The van der Waals surface area contributed by atoms with Crippen molar-refractivity contribution in [2.45, 2.75) is 17.7 Å². The number of anilines is 2. The highest BCUT2D eigenvalue weighted by Crippen LogP contribution is 2.31. The molecule has 0 atom stereocenters. The molecule has 11 heteroatoms. The van der Waals surface area contributed by atoms with Crippen LogP contribution in [0.3, 0.4) is 0 Å². The molecular formula is C16H20ClN5O4S. The molecule has 0 saturated heterocycles. The van der Waals surface area contributed by atoms with Gasteiger partial charge in [0.15, 0.2) is 0 Å². The van der Waals surface area contributed by atoms with Gasteiger partial charge in [0.25, 0.3) is 5.91 Å². The number of fused-ring (bicyclic) bond motifs is 1. The van der Waals surface area contributed by atoms with Crippen LogP contribution in [0.5, 0.6) is 0 Å². The van der Waals surface area contributed by atoms with Gasteiger partial charge in [0.05, 0.1) is 6.54 Å². The van der Waals surface area contributed by atoms with Crippen LogP contribution in [-0.4, -0.2) is 38.3 Å². The van der Waals surface area contributed by atoms with Gasteiger partial charge in [-0.15, -0.1) is 12.4 Å². The molecule has 0 spiro atoms. The molecule has 0 unspecified atom stereocenters. The highest BCUT2D eigenvalue weighted by atomic mass is 35.5. The Balaban J connectivity index is 0.00000261. The molecule has 6 N–H and O–H groups in total. The summed E-state index contributed by atoms with van der Waals surface area (Å²) >= 11 is 0. The Bertz CT molecular complexity index is 973. The number of aromatic nitrogens is 1. The molecule has 0 saturated carbocycles. The standard InChI is InChI=1S/C16H19N5O4S.ClH/c17-12-4-1-5-14-11(12)3-2-6-21(14)15(22)9-20-26(24,25)10-7-13(16(18)23)19-8-10;/h1,4-5,7-8,19-20H,2-3,6,9,17H2,(H2,18,23);1H. The number of benzene rings is 1. The van der Waals surface area contributed by atoms with Crippen LogP contribution in [0, 0.1) is 0 Å². The molecule has 1 aromatic heterocycles. The van der Waals surface area contributed by atoms with E-state index in [-0.39, 0.29) is 28.9 Å². The molecule has 3 rings (SSSR count). The van der Waals surface area contributed by atoms with Crippen LogP contribution >= 0.6 is 12.4 Å². The molecular weight excluding hydrogens is 394 g/mol. The van der Waals surface area contributed by atoms with Gasteiger partial charge in [-0.3, -0.25) is 9.59 Å². The second-order valence-corrected chi connectivity index (χ2v) is 7.70. The van der Waals surface area contributed by atoms with Gasteiger partial charge in [0, 0.05) is 24.1 Å². The minimum atomic E-state index is -3.95. The Kier molecular flexibility index (Phi) is 6.14. The van der Waals surface area contributed by atoms with E-state index in [0.29, 0.717) is 17.9 Å². The first-order chi connectivity index (χ1) is 12.3. The van der Waals surface area contributed by atoms with E-state index in [1.165, 1.54) is 4.90 Å². The summed E-state index contributed by atoms with van der Waals surface area (Å²) in [5.74, 6) is -1.16. The minimum absolute atomic E-state index is 0. The van der Waals surface area contributed by atoms with Crippen molar-refractivity contribution in [2.24, 2.45) is 5.73 Å². The van der Waals surface area contributed by atoms with Crippen molar-refractivity contribution >= 4 is 45.6 Å². The lowest BCUT2D eigenvalue weighted by atomic mass is 10.00. The maximum Gasteiger partial charge on any atom is 0.265 e. The van der Waals surface area contributed by atoms with E-state index < -0.39 is 22.5 Å². The lowest BCUT2D eigenvalue weighted by molar-refractivity contribution is -0.117. The normalized spacial score (nSPS) is 13.6. The number of nitrogens with zero attached hydrogens (tertiary/aromatic N) is 1. The average molecular weight is 414 g/mol. The average Bonchev–Trinajstić information content (AvgIpc) is 3.11. The van der Waals surface area contributed by atoms with Gasteiger partial charge < -0.3 is 21.4 Å². The first kappa shape index (κ1) is 20.7. The van der Waals surface area contributed by atoms with Crippen molar-refractivity contribution in [3.63, 3.8) is 0 Å². The van der Waals surface area contributed by atoms with E-state index in [4.69, 9.17) is 11.5 Å². The van der Waals surface area contributed by atoms with E-state index in [1.807, 2.05) is 0 Å². The third kappa shape index (κ3) is 4.24. The van der Waals surface area contributed by atoms with Crippen LogP contribution in [-0.2, 0) is 21.2 Å².